The van der Waals surface area contributed by atoms with E-state index < -0.39 is 0 Å². The number of amides is 1. The van der Waals surface area contributed by atoms with Crippen LogP contribution in [-0.4, -0.2) is 19.1 Å². The van der Waals surface area contributed by atoms with E-state index in [1.807, 2.05) is 13.0 Å². The van der Waals surface area contributed by atoms with E-state index in [2.05, 4.69) is 5.32 Å². The maximum atomic E-state index is 11.9. The van der Waals surface area contributed by atoms with Crippen molar-refractivity contribution in [1.82, 2.24) is 5.32 Å². The van der Waals surface area contributed by atoms with Crippen molar-refractivity contribution in [3.05, 3.63) is 45.8 Å². The lowest BCUT2D eigenvalue weighted by Gasteiger charge is -2.18. The molecule has 0 radical (unpaired) electrons. The van der Waals surface area contributed by atoms with Crippen molar-refractivity contribution in [2.45, 2.75) is 13.0 Å². The summed E-state index contributed by atoms with van der Waals surface area (Å²) in [7, 11) is 0. The van der Waals surface area contributed by atoms with E-state index in [1.165, 1.54) is 6.26 Å². The molecule has 1 aromatic rings. The zero-order valence-corrected chi connectivity index (χ0v) is 11.8. The van der Waals surface area contributed by atoms with Gasteiger partial charge in [0.1, 0.15) is 19.5 Å². The summed E-state index contributed by atoms with van der Waals surface area (Å²) in [5.41, 5.74) is 0.861. The Hall–Kier alpha value is -1.39. The van der Waals surface area contributed by atoms with Crippen molar-refractivity contribution < 1.29 is 14.3 Å². The van der Waals surface area contributed by atoms with Gasteiger partial charge in [-0.1, -0.05) is 29.3 Å². The monoisotopic (exact) mass is 301 g/mol. The molecule has 1 heterocycles. The Morgan fingerprint density at radius 2 is 2.11 bits per heavy atom. The quantitative estimate of drug-likeness (QED) is 0.933. The number of carbonyl (C=O) groups excluding carboxylic acids is 1. The zero-order valence-electron chi connectivity index (χ0n) is 10.3. The molecule has 1 aliphatic heterocycles. The largest absolute Gasteiger partial charge is 0.494 e. The fourth-order valence-electron chi connectivity index (χ4n) is 1.62. The molecule has 0 unspecified atom stereocenters. The Labute approximate surface area is 121 Å². The molecule has 1 N–H and O–H groups in total. The lowest BCUT2D eigenvalue weighted by atomic mass is 10.1. The van der Waals surface area contributed by atoms with Crippen molar-refractivity contribution in [3.8, 4) is 0 Å². The second-order valence-electron chi connectivity index (χ2n) is 4.07. The van der Waals surface area contributed by atoms with Crippen LogP contribution in [0.3, 0.4) is 0 Å². The molecule has 19 heavy (non-hydrogen) atoms. The van der Waals surface area contributed by atoms with Gasteiger partial charge in [0, 0.05) is 0 Å². The number of carbonyl (C=O) groups is 1. The maximum absolute atomic E-state index is 11.9. The predicted octanol–water partition coefficient (Wildman–Crippen LogP) is 3.06. The number of hydrogen-bond acceptors (Lipinski definition) is 3. The number of hydrogen-bond donors (Lipinski definition) is 1. The second-order valence-corrected chi connectivity index (χ2v) is 4.88. The summed E-state index contributed by atoms with van der Waals surface area (Å²) < 4.78 is 10.2. The van der Waals surface area contributed by atoms with Gasteiger partial charge in [-0.05, 0) is 24.6 Å². The Morgan fingerprint density at radius 3 is 2.74 bits per heavy atom. The standard InChI is InChI=1S/C13H13Cl2NO3/c1-8(9-2-3-10(14)11(15)6-9)16-13(17)12-7-18-4-5-19-12/h2-3,6-8H,4-5H2,1H3,(H,16,17)/t8-/m1/s1. The number of rotatable bonds is 3. The third-order valence-electron chi connectivity index (χ3n) is 2.66. The molecule has 1 aliphatic rings. The summed E-state index contributed by atoms with van der Waals surface area (Å²) in [4.78, 5) is 11.9. The van der Waals surface area contributed by atoms with Gasteiger partial charge in [-0.2, -0.15) is 0 Å². The van der Waals surface area contributed by atoms with Crippen LogP contribution in [0, 0.1) is 0 Å². The normalized spacial score (nSPS) is 15.8. The zero-order chi connectivity index (χ0) is 13.8. The fourth-order valence-corrected chi connectivity index (χ4v) is 1.93. The average Bonchev–Trinajstić information content (AvgIpc) is 2.42. The lowest BCUT2D eigenvalue weighted by Crippen LogP contribution is -2.30. The summed E-state index contributed by atoms with van der Waals surface area (Å²) in [6, 6.07) is 5.02. The molecule has 1 amide bonds. The topological polar surface area (TPSA) is 47.6 Å². The van der Waals surface area contributed by atoms with Crippen LogP contribution in [0.2, 0.25) is 10.0 Å². The van der Waals surface area contributed by atoms with Gasteiger partial charge in [-0.25, -0.2) is 0 Å². The van der Waals surface area contributed by atoms with Gasteiger partial charge in [0.15, 0.2) is 0 Å². The van der Waals surface area contributed by atoms with Gasteiger partial charge in [0.2, 0.25) is 5.76 Å². The fraction of sp³-hybridized carbons (Fsp3) is 0.308. The van der Waals surface area contributed by atoms with Crippen molar-refractivity contribution in [3.63, 3.8) is 0 Å². The van der Waals surface area contributed by atoms with Gasteiger partial charge in [-0.3, -0.25) is 4.79 Å². The van der Waals surface area contributed by atoms with Crippen molar-refractivity contribution >= 4 is 29.1 Å². The summed E-state index contributed by atoms with van der Waals surface area (Å²) in [6.45, 7) is 2.68. The smallest absolute Gasteiger partial charge is 0.290 e. The average molecular weight is 302 g/mol. The van der Waals surface area contributed by atoms with Crippen molar-refractivity contribution in [1.29, 1.82) is 0 Å². The molecule has 2 rings (SSSR count). The minimum absolute atomic E-state index is 0.179. The number of benzene rings is 1. The van der Waals surface area contributed by atoms with Crippen LogP contribution in [0.4, 0.5) is 0 Å². The predicted molar refractivity (Wildman–Crippen MR) is 73.0 cm³/mol. The van der Waals surface area contributed by atoms with E-state index >= 15 is 0 Å². The molecule has 0 spiro atoms. The molecule has 1 atom stereocenters. The maximum Gasteiger partial charge on any atom is 0.290 e. The molecular weight excluding hydrogens is 289 g/mol. The van der Waals surface area contributed by atoms with Crippen molar-refractivity contribution in [2.24, 2.45) is 0 Å². The van der Waals surface area contributed by atoms with Crippen LogP contribution in [0.25, 0.3) is 0 Å². The summed E-state index contributed by atoms with van der Waals surface area (Å²) in [6.07, 6.45) is 1.32. The number of halogens is 2. The van der Waals surface area contributed by atoms with Crippen LogP contribution >= 0.6 is 23.2 Å². The van der Waals surface area contributed by atoms with Gasteiger partial charge in [0.25, 0.3) is 5.91 Å². The van der Waals surface area contributed by atoms with E-state index in [1.54, 1.807) is 12.1 Å². The van der Waals surface area contributed by atoms with Gasteiger partial charge in [0.05, 0.1) is 16.1 Å². The van der Waals surface area contributed by atoms with E-state index in [0.29, 0.717) is 23.3 Å². The van der Waals surface area contributed by atoms with Crippen LogP contribution in [-0.2, 0) is 14.3 Å². The Kier molecular flexibility index (Phi) is 4.56. The Balaban J connectivity index is 2.03. The summed E-state index contributed by atoms with van der Waals surface area (Å²) in [5, 5.41) is 3.74. The Morgan fingerprint density at radius 1 is 1.32 bits per heavy atom. The van der Waals surface area contributed by atoms with Gasteiger partial charge < -0.3 is 14.8 Å². The van der Waals surface area contributed by atoms with Crippen molar-refractivity contribution in [2.75, 3.05) is 13.2 Å². The first kappa shape index (κ1) is 14.0. The third kappa shape index (κ3) is 3.55. The van der Waals surface area contributed by atoms with E-state index in [9.17, 15) is 4.79 Å². The van der Waals surface area contributed by atoms with Crippen LogP contribution in [0.5, 0.6) is 0 Å². The first-order valence-electron chi connectivity index (χ1n) is 5.78. The van der Waals surface area contributed by atoms with Gasteiger partial charge >= 0.3 is 0 Å². The molecule has 0 bridgehead atoms. The molecular formula is C13H13Cl2NO3. The third-order valence-corrected chi connectivity index (χ3v) is 3.40. The minimum atomic E-state index is -0.321. The second kappa shape index (κ2) is 6.17. The molecule has 102 valence electrons. The van der Waals surface area contributed by atoms with E-state index in [0.717, 1.165) is 5.56 Å². The lowest BCUT2D eigenvalue weighted by molar-refractivity contribution is -0.122. The number of nitrogens with one attached hydrogen (secondary N) is 1. The highest BCUT2D eigenvalue weighted by atomic mass is 35.5. The van der Waals surface area contributed by atoms with Gasteiger partial charge in [-0.15, -0.1) is 0 Å². The first-order chi connectivity index (χ1) is 9.08. The molecule has 0 fully saturated rings. The minimum Gasteiger partial charge on any atom is -0.494 e. The van der Waals surface area contributed by atoms with E-state index in [4.69, 9.17) is 32.7 Å². The molecule has 1 aromatic carbocycles. The summed E-state index contributed by atoms with van der Waals surface area (Å²) >= 11 is 11.8. The molecule has 4 nitrogen and oxygen atoms in total. The number of ether oxygens (including phenoxy) is 2. The van der Waals surface area contributed by atoms with Crippen LogP contribution < -0.4 is 5.32 Å². The summed E-state index contributed by atoms with van der Waals surface area (Å²) in [5.74, 6) is -0.142. The Bertz CT molecular complexity index is 517. The SMILES string of the molecule is C[C@@H](NC(=O)C1=COCCO1)c1ccc(Cl)c(Cl)c1. The first-order valence-corrected chi connectivity index (χ1v) is 6.54. The van der Waals surface area contributed by atoms with E-state index in [-0.39, 0.29) is 17.7 Å². The molecule has 6 heteroatoms. The highest BCUT2D eigenvalue weighted by molar-refractivity contribution is 6.42. The molecule has 0 aromatic heterocycles. The highest BCUT2D eigenvalue weighted by Crippen LogP contribution is 2.25. The van der Waals surface area contributed by atoms with Crippen LogP contribution in [0.1, 0.15) is 18.5 Å². The van der Waals surface area contributed by atoms with Crippen LogP contribution in [0.15, 0.2) is 30.2 Å². The molecule has 0 saturated carbocycles. The molecule has 0 aliphatic carbocycles. The highest BCUT2D eigenvalue weighted by Gasteiger charge is 2.18. The molecule has 0 saturated heterocycles.